The van der Waals surface area contributed by atoms with Gasteiger partial charge in [0.1, 0.15) is 18.3 Å². The molecule has 1 fully saturated rings. The molecule has 1 aliphatic carbocycles. The fourth-order valence-electron chi connectivity index (χ4n) is 5.11. The van der Waals surface area contributed by atoms with Crippen LogP contribution in [0.3, 0.4) is 0 Å². The molecule has 160 valence electrons. The van der Waals surface area contributed by atoms with Crippen molar-refractivity contribution in [3.05, 3.63) is 72.4 Å². The smallest absolute Gasteiger partial charge is 0.136 e. The lowest BCUT2D eigenvalue weighted by molar-refractivity contribution is 0.0546. The van der Waals surface area contributed by atoms with Gasteiger partial charge in [-0.3, -0.25) is 0 Å². The van der Waals surface area contributed by atoms with Gasteiger partial charge in [-0.1, -0.05) is 48.5 Å². The van der Waals surface area contributed by atoms with Crippen molar-refractivity contribution in [1.29, 1.82) is 0 Å². The highest BCUT2D eigenvalue weighted by Crippen LogP contribution is 2.43. The average molecular weight is 424 g/mol. The molecular formula is C26H25N5O. The maximum Gasteiger partial charge on any atom is 0.136 e. The molecule has 1 aromatic heterocycles. The molecule has 6 rings (SSSR count). The molecule has 0 saturated heterocycles. The van der Waals surface area contributed by atoms with Gasteiger partial charge in [-0.2, -0.15) is 0 Å². The van der Waals surface area contributed by atoms with Gasteiger partial charge in [0.2, 0.25) is 0 Å². The van der Waals surface area contributed by atoms with Crippen LogP contribution in [0.2, 0.25) is 0 Å². The number of aromatic nitrogens is 1. The minimum atomic E-state index is -0.0667. The Bertz CT molecular complexity index is 1260. The number of aliphatic imine (C=N–C) groups is 2. The number of aliphatic hydroxyl groups excluding tert-OH is 1. The quantitative estimate of drug-likeness (QED) is 0.670. The summed E-state index contributed by atoms with van der Waals surface area (Å²) in [6.07, 6.45) is 5.69. The number of benzene rings is 2. The molecule has 2 atom stereocenters. The number of rotatable bonds is 4. The summed E-state index contributed by atoms with van der Waals surface area (Å²) >= 11 is 0. The summed E-state index contributed by atoms with van der Waals surface area (Å²) < 4.78 is 0. The van der Waals surface area contributed by atoms with Crippen LogP contribution in [0.25, 0.3) is 27.7 Å². The number of amidine groups is 1. The van der Waals surface area contributed by atoms with Crippen LogP contribution in [-0.2, 0) is 0 Å². The highest BCUT2D eigenvalue weighted by molar-refractivity contribution is 6.01. The Morgan fingerprint density at radius 3 is 2.62 bits per heavy atom. The highest BCUT2D eigenvalue weighted by Gasteiger charge is 2.45. The second-order valence-electron chi connectivity index (χ2n) is 8.89. The van der Waals surface area contributed by atoms with Crippen molar-refractivity contribution in [2.45, 2.75) is 25.0 Å². The zero-order chi connectivity index (χ0) is 21.7. The molecule has 0 amide bonds. The number of hydrogen-bond donors (Lipinski definition) is 2. The summed E-state index contributed by atoms with van der Waals surface area (Å²) in [7, 11) is 0. The van der Waals surface area contributed by atoms with Gasteiger partial charge in [0, 0.05) is 29.8 Å². The normalized spacial score (nSPS) is 26.5. The van der Waals surface area contributed by atoms with E-state index in [-0.39, 0.29) is 18.7 Å². The largest absolute Gasteiger partial charge is 0.396 e. The lowest BCUT2D eigenvalue weighted by atomic mass is 9.79. The van der Waals surface area contributed by atoms with Crippen molar-refractivity contribution in [2.24, 2.45) is 27.6 Å². The molecule has 6 heteroatoms. The monoisotopic (exact) mass is 423 g/mol. The third-order valence-electron chi connectivity index (χ3n) is 6.96. The van der Waals surface area contributed by atoms with E-state index in [0.717, 1.165) is 46.1 Å². The molecule has 2 unspecified atom stereocenters. The molecule has 3 heterocycles. The number of nitrogens with zero attached hydrogens (tertiary/aromatic N) is 4. The molecule has 3 aromatic rings. The van der Waals surface area contributed by atoms with Gasteiger partial charge in [0.25, 0.3) is 0 Å². The number of hydrogen-bond acceptors (Lipinski definition) is 6. The fourth-order valence-corrected chi connectivity index (χ4v) is 5.11. The van der Waals surface area contributed by atoms with E-state index in [1.165, 1.54) is 0 Å². The van der Waals surface area contributed by atoms with Crippen molar-refractivity contribution in [3.63, 3.8) is 0 Å². The maximum atomic E-state index is 9.45. The standard InChI is InChI=1S/C26H25N5O/c27-25-24-21(13-31(26(24)29-15-28-25)20-10-16(11-20)14-32)19-7-6-18-8-9-22(30-23(18)12-19)17-4-2-1-3-5-17/h1-9,12-13,15-16,20,24,26,32H,10-11,14H2,(H2,27,28,29). The SMILES string of the molecule is NC1=NC=NC2C1C(c1ccc3ccc(-c4ccccc4)nc3c1)=CN2C1CC(CO)C1. The maximum absolute atomic E-state index is 9.45. The molecule has 6 nitrogen and oxygen atoms in total. The first-order valence-corrected chi connectivity index (χ1v) is 11.1. The molecule has 32 heavy (non-hydrogen) atoms. The Balaban J connectivity index is 1.39. The third-order valence-corrected chi connectivity index (χ3v) is 6.96. The van der Waals surface area contributed by atoms with Crippen molar-refractivity contribution in [3.8, 4) is 11.3 Å². The zero-order valence-corrected chi connectivity index (χ0v) is 17.7. The summed E-state index contributed by atoms with van der Waals surface area (Å²) in [6, 6.07) is 21.2. The third kappa shape index (κ3) is 3.10. The second-order valence-corrected chi connectivity index (χ2v) is 8.89. The van der Waals surface area contributed by atoms with Gasteiger partial charge < -0.3 is 15.7 Å². The number of nitrogens with two attached hydrogens (primary N) is 1. The first-order valence-electron chi connectivity index (χ1n) is 11.1. The minimum absolute atomic E-state index is 0.0635. The van der Waals surface area contributed by atoms with E-state index in [0.29, 0.717) is 17.8 Å². The predicted octanol–water partition coefficient (Wildman–Crippen LogP) is 3.67. The molecule has 1 saturated carbocycles. The molecule has 0 bridgehead atoms. The second kappa shape index (κ2) is 7.57. The van der Waals surface area contributed by atoms with Gasteiger partial charge in [-0.25, -0.2) is 15.0 Å². The Hall–Kier alpha value is -3.51. The number of pyridine rings is 1. The topological polar surface area (TPSA) is 87.1 Å². The van der Waals surface area contributed by atoms with Crippen molar-refractivity contribution in [1.82, 2.24) is 9.88 Å². The molecule has 3 aliphatic rings. The Morgan fingerprint density at radius 2 is 1.81 bits per heavy atom. The van der Waals surface area contributed by atoms with E-state index in [9.17, 15) is 5.11 Å². The zero-order valence-electron chi connectivity index (χ0n) is 17.7. The summed E-state index contributed by atoms with van der Waals surface area (Å²) in [4.78, 5) is 16.2. The van der Waals surface area contributed by atoms with E-state index >= 15 is 0 Å². The predicted molar refractivity (Wildman–Crippen MR) is 128 cm³/mol. The summed E-state index contributed by atoms with van der Waals surface area (Å²) in [5.41, 5.74) is 11.6. The first-order chi connectivity index (χ1) is 15.7. The Kier molecular flexibility index (Phi) is 4.54. The van der Waals surface area contributed by atoms with E-state index in [1.807, 2.05) is 18.2 Å². The van der Waals surface area contributed by atoms with E-state index < -0.39 is 0 Å². The average Bonchev–Trinajstić information content (AvgIpc) is 3.19. The summed E-state index contributed by atoms with van der Waals surface area (Å²) in [6.45, 7) is 0.252. The molecule has 0 radical (unpaired) electrons. The van der Waals surface area contributed by atoms with Gasteiger partial charge in [-0.05, 0) is 42.0 Å². The number of aliphatic hydroxyl groups is 1. The van der Waals surface area contributed by atoms with E-state index in [1.54, 1.807) is 6.34 Å². The van der Waals surface area contributed by atoms with Crippen LogP contribution < -0.4 is 5.73 Å². The first kappa shape index (κ1) is 19.2. The molecule has 0 spiro atoms. The lowest BCUT2D eigenvalue weighted by Gasteiger charge is -2.43. The Morgan fingerprint density at radius 1 is 1.00 bits per heavy atom. The van der Waals surface area contributed by atoms with Crippen molar-refractivity contribution >= 4 is 28.7 Å². The van der Waals surface area contributed by atoms with Crippen molar-refractivity contribution in [2.75, 3.05) is 6.61 Å². The van der Waals surface area contributed by atoms with Gasteiger partial charge >= 0.3 is 0 Å². The van der Waals surface area contributed by atoms with Crippen LogP contribution in [0, 0.1) is 11.8 Å². The van der Waals surface area contributed by atoms with Crippen LogP contribution in [-0.4, -0.2) is 46.0 Å². The van der Waals surface area contributed by atoms with E-state index in [2.05, 4.69) is 63.5 Å². The van der Waals surface area contributed by atoms with Gasteiger partial charge in [-0.15, -0.1) is 0 Å². The molecule has 2 aliphatic heterocycles. The summed E-state index contributed by atoms with van der Waals surface area (Å²) in [5, 5.41) is 10.6. The molecular weight excluding hydrogens is 398 g/mol. The molecule has 3 N–H and O–H groups in total. The minimum Gasteiger partial charge on any atom is -0.396 e. The molecule has 2 aromatic carbocycles. The van der Waals surface area contributed by atoms with Crippen molar-refractivity contribution < 1.29 is 5.11 Å². The Labute approximate surface area is 186 Å². The van der Waals surface area contributed by atoms with Crippen LogP contribution in [0.1, 0.15) is 18.4 Å². The highest BCUT2D eigenvalue weighted by atomic mass is 16.3. The van der Waals surface area contributed by atoms with Crippen LogP contribution in [0.15, 0.2) is 76.8 Å². The fraction of sp³-hybridized carbons (Fsp3) is 0.269. The van der Waals surface area contributed by atoms with Crippen LogP contribution in [0.5, 0.6) is 0 Å². The van der Waals surface area contributed by atoms with Crippen LogP contribution in [0.4, 0.5) is 0 Å². The summed E-state index contributed by atoms with van der Waals surface area (Å²) in [5.74, 6) is 0.918. The van der Waals surface area contributed by atoms with E-state index in [4.69, 9.17) is 10.7 Å². The van der Waals surface area contributed by atoms with Crippen LogP contribution >= 0.6 is 0 Å². The lowest BCUT2D eigenvalue weighted by Crippen LogP contribution is -2.49. The van der Waals surface area contributed by atoms with Gasteiger partial charge in [0.15, 0.2) is 0 Å². The number of fused-ring (bicyclic) bond motifs is 2. The van der Waals surface area contributed by atoms with Gasteiger partial charge in [0.05, 0.1) is 17.1 Å².